The Balaban J connectivity index is 2.02. The maximum atomic E-state index is 10.6. The predicted octanol–water partition coefficient (Wildman–Crippen LogP) is 1.73. The molecule has 1 heterocycles. The van der Waals surface area contributed by atoms with Gasteiger partial charge in [-0.3, -0.25) is 0 Å². The van der Waals surface area contributed by atoms with Crippen LogP contribution in [0.3, 0.4) is 0 Å². The van der Waals surface area contributed by atoms with Gasteiger partial charge in [-0.15, -0.1) is 0 Å². The number of ether oxygens (including phenoxy) is 2. The van der Waals surface area contributed by atoms with E-state index in [0.29, 0.717) is 5.82 Å². The van der Waals surface area contributed by atoms with E-state index in [4.69, 9.17) is 19.1 Å². The molecule has 0 amide bonds. The summed E-state index contributed by atoms with van der Waals surface area (Å²) in [6.07, 6.45) is -0.925. The van der Waals surface area contributed by atoms with Crippen LogP contribution in [0, 0.1) is 0 Å². The molecule has 0 aliphatic heterocycles. The third-order valence-corrected chi connectivity index (χ3v) is 2.62. The van der Waals surface area contributed by atoms with E-state index in [1.807, 2.05) is 0 Å². The van der Waals surface area contributed by atoms with E-state index in [9.17, 15) is 4.79 Å². The van der Waals surface area contributed by atoms with Gasteiger partial charge in [0.25, 0.3) is 5.89 Å². The Morgan fingerprint density at radius 1 is 1.40 bits per heavy atom. The lowest BCUT2D eigenvalue weighted by molar-refractivity contribution is -0.150. The molecule has 1 N–H and O–H groups in total. The summed E-state index contributed by atoms with van der Waals surface area (Å²) in [4.78, 5) is 14.7. The second kappa shape index (κ2) is 6.16. The van der Waals surface area contributed by atoms with E-state index in [-0.39, 0.29) is 12.5 Å². The van der Waals surface area contributed by atoms with Gasteiger partial charge in [0, 0.05) is 5.56 Å². The summed E-state index contributed by atoms with van der Waals surface area (Å²) >= 11 is 0. The molecule has 20 heavy (non-hydrogen) atoms. The summed E-state index contributed by atoms with van der Waals surface area (Å²) in [5, 5.41) is 12.5. The molecule has 0 spiro atoms. The molecule has 106 valence electrons. The van der Waals surface area contributed by atoms with E-state index >= 15 is 0 Å². The minimum Gasteiger partial charge on any atom is -0.497 e. The minimum atomic E-state index is -1.04. The first kappa shape index (κ1) is 14.0. The number of hydrogen-bond acceptors (Lipinski definition) is 6. The zero-order valence-electron chi connectivity index (χ0n) is 11.1. The Bertz CT molecular complexity index is 579. The Hall–Kier alpha value is -2.41. The van der Waals surface area contributed by atoms with Crippen LogP contribution in [0.4, 0.5) is 0 Å². The van der Waals surface area contributed by atoms with Crippen molar-refractivity contribution in [2.24, 2.45) is 0 Å². The number of rotatable bonds is 6. The Labute approximate surface area is 115 Å². The first-order valence-electron chi connectivity index (χ1n) is 5.91. The number of carboxylic acid groups (broad SMARTS) is 1. The van der Waals surface area contributed by atoms with Crippen LogP contribution in [0.5, 0.6) is 5.75 Å². The number of carbonyl (C=O) groups is 1. The summed E-state index contributed by atoms with van der Waals surface area (Å²) in [7, 11) is 1.59. The predicted molar refractivity (Wildman–Crippen MR) is 68.2 cm³/mol. The lowest BCUT2D eigenvalue weighted by Crippen LogP contribution is -2.19. The van der Waals surface area contributed by atoms with Crippen LogP contribution in [0.15, 0.2) is 28.8 Å². The van der Waals surface area contributed by atoms with Crippen LogP contribution in [0.25, 0.3) is 11.4 Å². The van der Waals surface area contributed by atoms with Crippen molar-refractivity contribution >= 4 is 5.97 Å². The summed E-state index contributed by atoms with van der Waals surface area (Å²) in [5.74, 6) is 0.328. The van der Waals surface area contributed by atoms with Gasteiger partial charge in [-0.1, -0.05) is 5.16 Å². The smallest absolute Gasteiger partial charge is 0.332 e. The number of benzene rings is 1. The standard InChI is InChI=1S/C13H14N2O5/c1-8(13(16)17)19-7-11-14-12(15-20-11)9-3-5-10(18-2)6-4-9/h3-6,8H,7H2,1-2H3,(H,16,17)/t8-/m0/s1. The van der Waals surface area contributed by atoms with Gasteiger partial charge in [0.2, 0.25) is 5.82 Å². The maximum absolute atomic E-state index is 10.6. The number of nitrogens with zero attached hydrogens (tertiary/aromatic N) is 2. The van der Waals surface area contributed by atoms with Crippen LogP contribution in [0.2, 0.25) is 0 Å². The molecule has 0 fully saturated rings. The molecule has 1 atom stereocenters. The van der Waals surface area contributed by atoms with Crippen molar-refractivity contribution in [1.82, 2.24) is 10.1 Å². The van der Waals surface area contributed by atoms with Gasteiger partial charge in [-0.25, -0.2) is 4.79 Å². The zero-order valence-corrected chi connectivity index (χ0v) is 11.1. The highest BCUT2D eigenvalue weighted by Crippen LogP contribution is 2.19. The lowest BCUT2D eigenvalue weighted by Gasteiger charge is -2.04. The van der Waals surface area contributed by atoms with Gasteiger partial charge < -0.3 is 19.1 Å². The number of methoxy groups -OCH3 is 1. The van der Waals surface area contributed by atoms with Crippen molar-refractivity contribution in [3.05, 3.63) is 30.2 Å². The first-order valence-corrected chi connectivity index (χ1v) is 5.91. The third kappa shape index (κ3) is 3.33. The van der Waals surface area contributed by atoms with Crippen molar-refractivity contribution in [2.75, 3.05) is 7.11 Å². The highest BCUT2D eigenvalue weighted by molar-refractivity contribution is 5.71. The van der Waals surface area contributed by atoms with Crippen molar-refractivity contribution in [3.63, 3.8) is 0 Å². The molecule has 1 aromatic heterocycles. The van der Waals surface area contributed by atoms with Crippen molar-refractivity contribution in [1.29, 1.82) is 0 Å². The molecule has 0 saturated carbocycles. The van der Waals surface area contributed by atoms with E-state index in [2.05, 4.69) is 10.1 Å². The number of carboxylic acids is 1. The van der Waals surface area contributed by atoms with Gasteiger partial charge in [0.15, 0.2) is 6.10 Å². The van der Waals surface area contributed by atoms with Gasteiger partial charge in [0.1, 0.15) is 12.4 Å². The molecule has 2 rings (SSSR count). The second-order valence-corrected chi connectivity index (χ2v) is 4.03. The number of hydrogen-bond donors (Lipinski definition) is 1. The topological polar surface area (TPSA) is 94.7 Å². The van der Waals surface area contributed by atoms with Gasteiger partial charge in [-0.2, -0.15) is 4.98 Å². The lowest BCUT2D eigenvalue weighted by atomic mass is 10.2. The summed E-state index contributed by atoms with van der Waals surface area (Å²) in [5.41, 5.74) is 0.770. The second-order valence-electron chi connectivity index (χ2n) is 4.03. The molecule has 0 saturated heterocycles. The Morgan fingerprint density at radius 2 is 2.10 bits per heavy atom. The van der Waals surface area contributed by atoms with Crippen LogP contribution < -0.4 is 4.74 Å². The molecule has 1 aromatic carbocycles. The zero-order chi connectivity index (χ0) is 14.5. The van der Waals surface area contributed by atoms with E-state index in [1.165, 1.54) is 6.92 Å². The monoisotopic (exact) mass is 278 g/mol. The molecule has 0 aliphatic rings. The fourth-order valence-electron chi connectivity index (χ4n) is 1.44. The molecule has 2 aromatic rings. The Morgan fingerprint density at radius 3 is 2.70 bits per heavy atom. The fraction of sp³-hybridized carbons (Fsp3) is 0.308. The molecular formula is C13H14N2O5. The highest BCUT2D eigenvalue weighted by Gasteiger charge is 2.14. The molecule has 7 heteroatoms. The Kier molecular flexibility index (Phi) is 4.31. The molecular weight excluding hydrogens is 264 g/mol. The van der Waals surface area contributed by atoms with Gasteiger partial charge >= 0.3 is 5.97 Å². The first-order chi connectivity index (χ1) is 9.60. The normalized spacial score (nSPS) is 12.1. The minimum absolute atomic E-state index is 0.0450. The summed E-state index contributed by atoms with van der Waals surface area (Å²) in [6.45, 7) is 1.39. The quantitative estimate of drug-likeness (QED) is 0.859. The average Bonchev–Trinajstić information content (AvgIpc) is 2.93. The summed E-state index contributed by atoms with van der Waals surface area (Å²) < 4.78 is 15.1. The van der Waals surface area contributed by atoms with Gasteiger partial charge in [-0.05, 0) is 31.2 Å². The number of aliphatic carboxylic acids is 1. The van der Waals surface area contributed by atoms with Crippen molar-refractivity contribution in [3.8, 4) is 17.1 Å². The van der Waals surface area contributed by atoms with Crippen LogP contribution in [0.1, 0.15) is 12.8 Å². The van der Waals surface area contributed by atoms with Crippen molar-refractivity contribution < 1.29 is 23.9 Å². The summed E-state index contributed by atoms with van der Waals surface area (Å²) in [6, 6.07) is 7.17. The van der Waals surface area contributed by atoms with Crippen LogP contribution in [-0.2, 0) is 16.1 Å². The third-order valence-electron chi connectivity index (χ3n) is 2.62. The average molecular weight is 278 g/mol. The van der Waals surface area contributed by atoms with Crippen LogP contribution >= 0.6 is 0 Å². The van der Waals surface area contributed by atoms with E-state index in [0.717, 1.165) is 11.3 Å². The number of aromatic nitrogens is 2. The highest BCUT2D eigenvalue weighted by atomic mass is 16.5. The molecule has 0 bridgehead atoms. The molecule has 7 nitrogen and oxygen atoms in total. The van der Waals surface area contributed by atoms with E-state index < -0.39 is 12.1 Å². The van der Waals surface area contributed by atoms with E-state index in [1.54, 1.807) is 31.4 Å². The SMILES string of the molecule is COc1ccc(-c2noc(CO[C@@H](C)C(=O)O)n2)cc1. The fourth-order valence-corrected chi connectivity index (χ4v) is 1.44. The molecule has 0 unspecified atom stereocenters. The molecule has 0 aliphatic carbocycles. The van der Waals surface area contributed by atoms with Crippen LogP contribution in [-0.4, -0.2) is 34.4 Å². The molecule has 0 radical (unpaired) electrons. The maximum Gasteiger partial charge on any atom is 0.332 e. The largest absolute Gasteiger partial charge is 0.497 e. The van der Waals surface area contributed by atoms with Gasteiger partial charge in [0.05, 0.1) is 7.11 Å². The van der Waals surface area contributed by atoms with Crippen molar-refractivity contribution in [2.45, 2.75) is 19.6 Å².